The molecule has 2 amide bonds. The third kappa shape index (κ3) is 2.81. The fraction of sp³-hybridized carbons (Fsp3) is 0.417. The maximum Gasteiger partial charge on any atom is 0.244 e. The first kappa shape index (κ1) is 11.6. The van der Waals surface area contributed by atoms with Crippen LogP contribution in [0, 0.1) is 0 Å². The lowest BCUT2D eigenvalue weighted by Gasteiger charge is -2.12. The molecule has 1 fully saturated rings. The summed E-state index contributed by atoms with van der Waals surface area (Å²) in [6.45, 7) is 0.705. The fourth-order valence-electron chi connectivity index (χ4n) is 1.89. The third-order valence-electron chi connectivity index (χ3n) is 2.85. The molecular weight excluding hydrogens is 218 g/mol. The monoisotopic (exact) mass is 233 g/mol. The summed E-state index contributed by atoms with van der Waals surface area (Å²) in [6.07, 6.45) is 4.27. The summed E-state index contributed by atoms with van der Waals surface area (Å²) in [7, 11) is 1.75. The van der Waals surface area contributed by atoms with Crippen molar-refractivity contribution in [2.24, 2.45) is 0 Å². The van der Waals surface area contributed by atoms with Gasteiger partial charge in [-0.1, -0.05) is 6.07 Å². The Morgan fingerprint density at radius 1 is 1.65 bits per heavy atom. The van der Waals surface area contributed by atoms with E-state index in [9.17, 15) is 9.59 Å². The molecule has 0 spiro atoms. The highest BCUT2D eigenvalue weighted by atomic mass is 16.2. The molecule has 5 nitrogen and oxygen atoms in total. The van der Waals surface area contributed by atoms with E-state index in [-0.39, 0.29) is 24.3 Å². The largest absolute Gasteiger partial charge is 0.344 e. The molecule has 1 aromatic rings. The van der Waals surface area contributed by atoms with Gasteiger partial charge < -0.3 is 10.2 Å². The maximum atomic E-state index is 11.7. The lowest BCUT2D eigenvalue weighted by atomic mass is 10.2. The van der Waals surface area contributed by atoms with Crippen molar-refractivity contribution in [2.45, 2.75) is 18.9 Å². The van der Waals surface area contributed by atoms with Crippen LogP contribution in [-0.4, -0.2) is 41.3 Å². The quantitative estimate of drug-likeness (QED) is 0.797. The van der Waals surface area contributed by atoms with Gasteiger partial charge in [-0.3, -0.25) is 14.6 Å². The second-order valence-corrected chi connectivity index (χ2v) is 4.21. The van der Waals surface area contributed by atoms with Crippen molar-refractivity contribution >= 4 is 11.8 Å². The normalized spacial score (nSPS) is 19.5. The molecule has 2 heterocycles. The Morgan fingerprint density at radius 2 is 2.47 bits per heavy atom. The molecular formula is C12H15N3O2. The van der Waals surface area contributed by atoms with E-state index >= 15 is 0 Å². The molecule has 90 valence electrons. The van der Waals surface area contributed by atoms with Crippen molar-refractivity contribution in [3.63, 3.8) is 0 Å². The molecule has 0 saturated carbocycles. The first-order valence-corrected chi connectivity index (χ1v) is 5.60. The summed E-state index contributed by atoms with van der Waals surface area (Å²) in [4.78, 5) is 28.9. The minimum absolute atomic E-state index is 0.00969. The van der Waals surface area contributed by atoms with Crippen LogP contribution < -0.4 is 5.32 Å². The van der Waals surface area contributed by atoms with Crippen molar-refractivity contribution < 1.29 is 9.59 Å². The molecule has 1 N–H and O–H groups in total. The zero-order valence-electron chi connectivity index (χ0n) is 9.72. The van der Waals surface area contributed by atoms with Crippen LogP contribution in [0.2, 0.25) is 0 Å². The van der Waals surface area contributed by atoms with Crippen LogP contribution in [0.1, 0.15) is 12.0 Å². The number of likely N-dealkylation sites (N-methyl/N-ethyl adjacent to an activating group) is 1. The van der Waals surface area contributed by atoms with Gasteiger partial charge in [-0.2, -0.15) is 0 Å². The summed E-state index contributed by atoms with van der Waals surface area (Å²) < 4.78 is 0. The zero-order chi connectivity index (χ0) is 12.3. The van der Waals surface area contributed by atoms with Crippen molar-refractivity contribution in [3.8, 4) is 0 Å². The van der Waals surface area contributed by atoms with Gasteiger partial charge in [0.25, 0.3) is 0 Å². The molecule has 0 aromatic carbocycles. The van der Waals surface area contributed by atoms with Crippen LogP contribution in [0.3, 0.4) is 0 Å². The first-order chi connectivity index (χ1) is 8.16. The van der Waals surface area contributed by atoms with E-state index in [0.29, 0.717) is 13.0 Å². The Labute approximate surface area is 99.8 Å². The van der Waals surface area contributed by atoms with Gasteiger partial charge in [0, 0.05) is 26.0 Å². The number of carbonyl (C=O) groups is 2. The molecule has 1 saturated heterocycles. The van der Waals surface area contributed by atoms with Gasteiger partial charge >= 0.3 is 0 Å². The van der Waals surface area contributed by atoms with E-state index < -0.39 is 0 Å². The lowest BCUT2D eigenvalue weighted by molar-refractivity contribution is -0.131. The van der Waals surface area contributed by atoms with Gasteiger partial charge in [0.05, 0.1) is 6.42 Å². The van der Waals surface area contributed by atoms with Crippen LogP contribution in [-0.2, 0) is 16.0 Å². The molecule has 0 radical (unpaired) electrons. The number of hydrogen-bond donors (Lipinski definition) is 1. The van der Waals surface area contributed by atoms with E-state index in [1.807, 2.05) is 6.07 Å². The highest BCUT2D eigenvalue weighted by molar-refractivity contribution is 5.89. The van der Waals surface area contributed by atoms with Gasteiger partial charge in [0.15, 0.2) is 0 Å². The van der Waals surface area contributed by atoms with Gasteiger partial charge in [0.1, 0.15) is 6.04 Å². The zero-order valence-corrected chi connectivity index (χ0v) is 9.72. The van der Waals surface area contributed by atoms with Crippen molar-refractivity contribution in [1.29, 1.82) is 0 Å². The summed E-state index contributed by atoms with van der Waals surface area (Å²) in [6, 6.07) is 3.27. The first-order valence-electron chi connectivity index (χ1n) is 5.60. The summed E-state index contributed by atoms with van der Waals surface area (Å²) in [5.74, 6) is -0.142. The number of nitrogens with zero attached hydrogens (tertiary/aromatic N) is 2. The number of aromatic nitrogens is 1. The second-order valence-electron chi connectivity index (χ2n) is 4.21. The topological polar surface area (TPSA) is 62.3 Å². The highest BCUT2D eigenvalue weighted by Crippen LogP contribution is 2.08. The van der Waals surface area contributed by atoms with Gasteiger partial charge in [-0.15, -0.1) is 0 Å². The Balaban J connectivity index is 1.88. The van der Waals surface area contributed by atoms with E-state index in [4.69, 9.17) is 0 Å². The third-order valence-corrected chi connectivity index (χ3v) is 2.85. The van der Waals surface area contributed by atoms with Crippen LogP contribution in [0.25, 0.3) is 0 Å². The summed E-state index contributed by atoms with van der Waals surface area (Å²) >= 11 is 0. The van der Waals surface area contributed by atoms with E-state index in [1.54, 1.807) is 30.4 Å². The number of pyridine rings is 1. The molecule has 1 aromatic heterocycles. The summed E-state index contributed by atoms with van der Waals surface area (Å²) in [5.41, 5.74) is 0.851. The standard InChI is InChI=1S/C12H15N3O2/c1-15-6-4-10(12(15)17)14-11(16)7-9-3-2-5-13-8-9/h2-3,5,8,10H,4,6-7H2,1H3,(H,14,16). The lowest BCUT2D eigenvalue weighted by Crippen LogP contribution is -2.41. The van der Waals surface area contributed by atoms with Crippen LogP contribution in [0.5, 0.6) is 0 Å². The van der Waals surface area contributed by atoms with Crippen LogP contribution in [0.15, 0.2) is 24.5 Å². The SMILES string of the molecule is CN1CCC(NC(=O)Cc2cccnc2)C1=O. The Morgan fingerprint density at radius 3 is 3.06 bits per heavy atom. The molecule has 1 aliphatic heterocycles. The average molecular weight is 233 g/mol. The average Bonchev–Trinajstić information content (AvgIpc) is 2.62. The van der Waals surface area contributed by atoms with Crippen molar-refractivity contribution in [2.75, 3.05) is 13.6 Å². The van der Waals surface area contributed by atoms with Crippen LogP contribution in [0.4, 0.5) is 0 Å². The van der Waals surface area contributed by atoms with Crippen LogP contribution >= 0.6 is 0 Å². The Hall–Kier alpha value is -1.91. The smallest absolute Gasteiger partial charge is 0.244 e. The molecule has 0 aliphatic carbocycles. The highest BCUT2D eigenvalue weighted by Gasteiger charge is 2.29. The number of rotatable bonds is 3. The molecule has 0 bridgehead atoms. The molecule has 1 aliphatic rings. The Kier molecular flexibility index (Phi) is 3.37. The molecule has 17 heavy (non-hydrogen) atoms. The van der Waals surface area contributed by atoms with Crippen molar-refractivity contribution in [1.82, 2.24) is 15.2 Å². The molecule has 5 heteroatoms. The van der Waals surface area contributed by atoms with Gasteiger partial charge in [-0.25, -0.2) is 0 Å². The van der Waals surface area contributed by atoms with Crippen molar-refractivity contribution in [3.05, 3.63) is 30.1 Å². The summed E-state index contributed by atoms with van der Waals surface area (Å²) in [5, 5.41) is 2.75. The number of likely N-dealkylation sites (tertiary alicyclic amines) is 1. The maximum absolute atomic E-state index is 11.7. The minimum Gasteiger partial charge on any atom is -0.344 e. The second kappa shape index (κ2) is 4.95. The minimum atomic E-state index is -0.357. The molecule has 2 rings (SSSR count). The molecule has 1 atom stereocenters. The number of nitrogens with one attached hydrogen (secondary N) is 1. The number of amides is 2. The predicted molar refractivity (Wildman–Crippen MR) is 62.1 cm³/mol. The number of carbonyl (C=O) groups excluding carboxylic acids is 2. The fourth-order valence-corrected chi connectivity index (χ4v) is 1.89. The van der Waals surface area contributed by atoms with E-state index in [0.717, 1.165) is 5.56 Å². The van der Waals surface area contributed by atoms with E-state index in [1.165, 1.54) is 0 Å². The van der Waals surface area contributed by atoms with E-state index in [2.05, 4.69) is 10.3 Å². The predicted octanol–water partition coefficient (Wildman–Crippen LogP) is -0.0290. The Bertz CT molecular complexity index is 419. The number of hydrogen-bond acceptors (Lipinski definition) is 3. The van der Waals surface area contributed by atoms with Gasteiger partial charge in [0.2, 0.25) is 11.8 Å². The van der Waals surface area contributed by atoms with Gasteiger partial charge in [-0.05, 0) is 18.1 Å². The molecule has 1 unspecified atom stereocenters.